The number of hydrogen-bond donors (Lipinski definition) is 1. The maximum Gasteiger partial charge on any atom is 0.270 e. The number of thioether (sulfide) groups is 1. The predicted octanol–water partition coefficient (Wildman–Crippen LogP) is 6.84. The van der Waals surface area contributed by atoms with E-state index in [0.717, 1.165) is 11.3 Å². The molecule has 0 unspecified atom stereocenters. The quantitative estimate of drug-likeness (QED) is 0.236. The normalized spacial score (nSPS) is 14.3. The molecule has 0 atom stereocenters. The number of nitrogens with one attached hydrogen (secondary N) is 1. The van der Waals surface area contributed by atoms with E-state index >= 15 is 0 Å². The van der Waals surface area contributed by atoms with Gasteiger partial charge in [-0.25, -0.2) is 0 Å². The van der Waals surface area contributed by atoms with Gasteiger partial charge in [-0.1, -0.05) is 65.4 Å². The molecule has 1 heterocycles. The highest BCUT2D eigenvalue weighted by Gasteiger charge is 2.33. The predicted molar refractivity (Wildman–Crippen MR) is 153 cm³/mol. The Labute approximate surface area is 231 Å². The summed E-state index contributed by atoms with van der Waals surface area (Å²) in [6.45, 7) is 1.73. The van der Waals surface area contributed by atoms with Gasteiger partial charge < -0.3 is 14.8 Å². The Morgan fingerprint density at radius 2 is 1.92 bits per heavy atom. The van der Waals surface area contributed by atoms with Gasteiger partial charge in [0.25, 0.3) is 11.8 Å². The van der Waals surface area contributed by atoms with Gasteiger partial charge in [0.15, 0.2) is 22.4 Å². The number of benzene rings is 3. The van der Waals surface area contributed by atoms with Crippen LogP contribution in [0.15, 0.2) is 70.0 Å². The summed E-state index contributed by atoms with van der Waals surface area (Å²) in [5, 5.41) is 3.14. The van der Waals surface area contributed by atoms with E-state index in [9.17, 15) is 9.59 Å². The average molecular weight is 604 g/mol. The molecule has 1 aliphatic heterocycles. The zero-order chi connectivity index (χ0) is 25.8. The second-order valence-corrected chi connectivity index (χ2v) is 10.6. The lowest BCUT2D eigenvalue weighted by molar-refractivity contribution is -0.118. The number of ether oxygens (including phenoxy) is 2. The summed E-state index contributed by atoms with van der Waals surface area (Å²) in [5.74, 6) is 0.188. The molecule has 0 aromatic heterocycles. The number of thiocarbonyl (C=S) groups is 1. The first-order chi connectivity index (χ1) is 17.3. The number of carbonyl (C=O) groups excluding carboxylic acids is 2. The summed E-state index contributed by atoms with van der Waals surface area (Å²) in [6.07, 6.45) is 1.74. The lowest BCUT2D eigenvalue weighted by atomic mass is 10.1. The minimum absolute atomic E-state index is 0.194. The SMILES string of the molecule is COc1cc(/C=C2\SC(=S)N(c3ccc(C)cc3)C2=O)cc(Br)c1OCC(=O)Nc1ccccc1Cl. The number of nitrogens with zero attached hydrogens (tertiary/aromatic N) is 1. The van der Waals surface area contributed by atoms with Crippen LogP contribution in [0.2, 0.25) is 5.02 Å². The molecule has 1 fully saturated rings. The van der Waals surface area contributed by atoms with Gasteiger partial charge >= 0.3 is 0 Å². The van der Waals surface area contributed by atoms with Crippen molar-refractivity contribution < 1.29 is 19.1 Å². The number of carbonyl (C=O) groups is 2. The van der Waals surface area contributed by atoms with Crippen molar-refractivity contribution in [3.8, 4) is 11.5 Å². The van der Waals surface area contributed by atoms with Crippen molar-refractivity contribution >= 4 is 85.1 Å². The van der Waals surface area contributed by atoms with E-state index in [1.54, 1.807) is 42.5 Å². The Morgan fingerprint density at radius 3 is 2.61 bits per heavy atom. The fraction of sp³-hybridized carbons (Fsp3) is 0.115. The number of hydrogen-bond acceptors (Lipinski definition) is 6. The lowest BCUT2D eigenvalue weighted by Gasteiger charge is -2.15. The van der Waals surface area contributed by atoms with Crippen molar-refractivity contribution in [3.05, 3.63) is 86.2 Å². The van der Waals surface area contributed by atoms with Gasteiger partial charge in [-0.3, -0.25) is 14.5 Å². The number of aryl methyl sites for hydroxylation is 1. The third kappa shape index (κ3) is 5.92. The summed E-state index contributed by atoms with van der Waals surface area (Å²) >= 11 is 16.3. The molecule has 0 aliphatic carbocycles. The number of methoxy groups -OCH3 is 1. The molecule has 36 heavy (non-hydrogen) atoms. The highest BCUT2D eigenvalue weighted by atomic mass is 79.9. The molecule has 10 heteroatoms. The number of halogens is 2. The maximum absolute atomic E-state index is 13.1. The molecule has 0 saturated carbocycles. The molecule has 4 rings (SSSR count). The minimum atomic E-state index is -0.374. The van der Waals surface area contributed by atoms with Gasteiger partial charge in [-0.15, -0.1) is 0 Å². The molecule has 3 aromatic rings. The highest BCUT2D eigenvalue weighted by Crippen LogP contribution is 2.40. The molecule has 0 bridgehead atoms. The number of rotatable bonds is 7. The Balaban J connectivity index is 1.50. The average Bonchev–Trinajstić information content (AvgIpc) is 3.12. The van der Waals surface area contributed by atoms with Crippen molar-refractivity contribution in [2.24, 2.45) is 0 Å². The van der Waals surface area contributed by atoms with Crippen LogP contribution >= 0.6 is 51.5 Å². The van der Waals surface area contributed by atoms with Crippen LogP contribution < -0.4 is 19.7 Å². The monoisotopic (exact) mass is 602 g/mol. The van der Waals surface area contributed by atoms with Crippen LogP contribution in [-0.2, 0) is 9.59 Å². The molecular weight excluding hydrogens is 584 g/mol. The summed E-state index contributed by atoms with van der Waals surface area (Å²) in [7, 11) is 1.50. The molecule has 0 radical (unpaired) electrons. The molecule has 2 amide bonds. The largest absolute Gasteiger partial charge is 0.493 e. The Hall–Kier alpha value is -2.85. The van der Waals surface area contributed by atoms with E-state index in [4.69, 9.17) is 33.3 Å². The Kier molecular flexibility index (Phi) is 8.35. The van der Waals surface area contributed by atoms with Crippen molar-refractivity contribution in [1.29, 1.82) is 0 Å². The van der Waals surface area contributed by atoms with Gasteiger partial charge in [-0.05, 0) is 70.9 Å². The van der Waals surface area contributed by atoms with E-state index in [1.807, 2.05) is 31.2 Å². The second-order valence-electron chi connectivity index (χ2n) is 7.70. The third-order valence-electron chi connectivity index (χ3n) is 5.13. The van der Waals surface area contributed by atoms with Crippen LogP contribution in [-0.4, -0.2) is 29.9 Å². The van der Waals surface area contributed by atoms with Gasteiger partial charge in [0, 0.05) is 0 Å². The zero-order valence-corrected chi connectivity index (χ0v) is 23.2. The van der Waals surface area contributed by atoms with Crippen LogP contribution in [0.4, 0.5) is 11.4 Å². The Bertz CT molecular complexity index is 1380. The summed E-state index contributed by atoms with van der Waals surface area (Å²) in [6, 6.07) is 18.1. The highest BCUT2D eigenvalue weighted by molar-refractivity contribution is 9.10. The number of amides is 2. The smallest absolute Gasteiger partial charge is 0.270 e. The van der Waals surface area contributed by atoms with Crippen molar-refractivity contribution in [1.82, 2.24) is 0 Å². The van der Waals surface area contributed by atoms with Crippen molar-refractivity contribution in [3.63, 3.8) is 0 Å². The molecular formula is C26H20BrClN2O4S2. The Morgan fingerprint density at radius 1 is 1.19 bits per heavy atom. The van der Waals surface area contributed by atoms with Crippen molar-refractivity contribution in [2.75, 3.05) is 23.9 Å². The van der Waals surface area contributed by atoms with Gasteiger partial charge in [0.1, 0.15) is 0 Å². The van der Waals surface area contributed by atoms with Crippen molar-refractivity contribution in [2.45, 2.75) is 6.92 Å². The second kappa shape index (κ2) is 11.5. The maximum atomic E-state index is 13.1. The van der Waals surface area contributed by atoms with E-state index in [1.165, 1.54) is 23.8 Å². The van der Waals surface area contributed by atoms with Gasteiger partial charge in [0.2, 0.25) is 0 Å². The number of anilines is 2. The first-order valence-corrected chi connectivity index (χ1v) is 13.1. The molecule has 3 aromatic carbocycles. The van der Waals surface area contributed by atoms with Crippen LogP contribution in [0.3, 0.4) is 0 Å². The molecule has 1 aliphatic rings. The fourth-order valence-corrected chi connectivity index (χ4v) is 5.44. The van der Waals surface area contributed by atoms with Crippen LogP contribution in [0.5, 0.6) is 11.5 Å². The van der Waals surface area contributed by atoms with E-state index in [0.29, 0.717) is 41.5 Å². The molecule has 0 spiro atoms. The van der Waals surface area contributed by atoms with E-state index < -0.39 is 0 Å². The zero-order valence-electron chi connectivity index (χ0n) is 19.2. The molecule has 184 valence electrons. The van der Waals surface area contributed by atoms with Crippen LogP contribution in [0, 0.1) is 6.92 Å². The van der Waals surface area contributed by atoms with Crippen LogP contribution in [0.25, 0.3) is 6.08 Å². The van der Waals surface area contributed by atoms with E-state index in [2.05, 4.69) is 21.2 Å². The summed E-state index contributed by atoms with van der Waals surface area (Å²) < 4.78 is 12.2. The summed E-state index contributed by atoms with van der Waals surface area (Å²) in [5.41, 5.74) is 3.03. The topological polar surface area (TPSA) is 67.9 Å². The van der Waals surface area contributed by atoms with E-state index in [-0.39, 0.29) is 18.4 Å². The van der Waals surface area contributed by atoms with Crippen LogP contribution in [0.1, 0.15) is 11.1 Å². The van der Waals surface area contributed by atoms with Gasteiger partial charge in [0.05, 0.1) is 32.9 Å². The number of para-hydroxylation sites is 1. The first-order valence-electron chi connectivity index (χ1n) is 10.7. The lowest BCUT2D eigenvalue weighted by Crippen LogP contribution is -2.27. The molecule has 1 N–H and O–H groups in total. The molecule has 1 saturated heterocycles. The fourth-order valence-electron chi connectivity index (χ4n) is 3.39. The third-order valence-corrected chi connectivity index (χ3v) is 7.35. The standard InChI is InChI=1S/C26H20BrClN2O4S2/c1-15-7-9-17(10-8-15)30-25(32)22(36-26(30)35)13-16-11-18(27)24(21(12-16)33-2)34-14-23(31)29-20-6-4-3-5-19(20)28/h3-13H,14H2,1-2H3,(H,29,31)/b22-13-. The minimum Gasteiger partial charge on any atom is -0.493 e. The first kappa shape index (κ1) is 26.2. The summed E-state index contributed by atoms with van der Waals surface area (Å²) in [4.78, 5) is 27.5. The van der Waals surface area contributed by atoms with Gasteiger partial charge in [-0.2, -0.15) is 0 Å². The molecule has 6 nitrogen and oxygen atoms in total.